The molecule has 0 bridgehead atoms. The highest BCUT2D eigenvalue weighted by Gasteiger charge is 2.22. The lowest BCUT2D eigenvalue weighted by Crippen LogP contribution is -2.08. The molecule has 0 aliphatic rings. The number of hydrogen-bond donors (Lipinski definition) is 1. The van der Waals surface area contributed by atoms with Crippen LogP contribution >= 0.6 is 0 Å². The van der Waals surface area contributed by atoms with Crippen molar-refractivity contribution < 1.29 is 9.90 Å². The zero-order chi connectivity index (χ0) is 19.5. The number of aromatic nitrogens is 6. The van der Waals surface area contributed by atoms with Gasteiger partial charge in [-0.15, -0.1) is 5.10 Å². The van der Waals surface area contributed by atoms with Gasteiger partial charge >= 0.3 is 5.97 Å². The number of carbonyl (C=O) groups is 1. The molecule has 0 amide bonds. The number of pyridine rings is 1. The van der Waals surface area contributed by atoms with Crippen molar-refractivity contribution in [2.75, 3.05) is 0 Å². The Bertz CT molecular complexity index is 1230. The summed E-state index contributed by atoms with van der Waals surface area (Å²) in [4.78, 5) is 21.2. The first-order chi connectivity index (χ1) is 12.8. The van der Waals surface area contributed by atoms with E-state index in [9.17, 15) is 9.90 Å². The molecule has 0 aliphatic heterocycles. The van der Waals surface area contributed by atoms with E-state index in [0.29, 0.717) is 17.0 Å². The number of carboxylic acids is 1. The molecule has 4 aromatic heterocycles. The predicted molar refractivity (Wildman–Crippen MR) is 101 cm³/mol. The second-order valence-electron chi connectivity index (χ2n) is 6.71. The second-order valence-corrected chi connectivity index (χ2v) is 6.71. The highest BCUT2D eigenvalue weighted by Crippen LogP contribution is 2.29. The third-order valence-corrected chi connectivity index (χ3v) is 4.83. The fraction of sp³-hybridized carbons (Fsp3) is 0.316. The highest BCUT2D eigenvalue weighted by molar-refractivity contribution is 5.96. The van der Waals surface area contributed by atoms with Crippen LogP contribution in [0, 0.1) is 27.7 Å². The van der Waals surface area contributed by atoms with Crippen molar-refractivity contribution in [1.82, 2.24) is 29.4 Å². The zero-order valence-electron chi connectivity index (χ0n) is 15.9. The topological polar surface area (TPSA) is 98.2 Å². The molecule has 0 radical (unpaired) electrons. The molecule has 0 saturated carbocycles. The lowest BCUT2D eigenvalue weighted by Gasteiger charge is -2.07. The number of aryl methyl sites for hydroxylation is 4. The Morgan fingerprint density at radius 1 is 1.11 bits per heavy atom. The largest absolute Gasteiger partial charge is 0.477 e. The first-order valence-corrected chi connectivity index (χ1v) is 8.77. The predicted octanol–water partition coefficient (Wildman–Crippen LogP) is 3.09. The van der Waals surface area contributed by atoms with E-state index in [0.717, 1.165) is 40.1 Å². The van der Waals surface area contributed by atoms with Gasteiger partial charge in [0.1, 0.15) is 0 Å². The van der Waals surface area contributed by atoms with Crippen molar-refractivity contribution in [2.24, 2.45) is 0 Å². The van der Waals surface area contributed by atoms with Gasteiger partial charge < -0.3 is 5.11 Å². The Labute approximate surface area is 155 Å². The summed E-state index contributed by atoms with van der Waals surface area (Å²) in [5, 5.41) is 19.5. The minimum absolute atomic E-state index is 0.0492. The molecule has 8 heteroatoms. The number of hydrogen-bond acceptors (Lipinski definition) is 5. The Hall–Kier alpha value is -3.29. The normalized spacial score (nSPS) is 11.6. The maximum Gasteiger partial charge on any atom is 0.354 e. The summed E-state index contributed by atoms with van der Waals surface area (Å²) in [6.45, 7) is 10.5. The Balaban J connectivity index is 2.14. The molecule has 0 aromatic carbocycles. The van der Waals surface area contributed by atoms with Crippen LogP contribution in [0.3, 0.4) is 0 Å². The third-order valence-electron chi connectivity index (χ3n) is 4.83. The second kappa shape index (κ2) is 5.87. The van der Waals surface area contributed by atoms with E-state index in [1.807, 2.05) is 45.4 Å². The smallest absolute Gasteiger partial charge is 0.354 e. The molecule has 0 fully saturated rings. The van der Waals surface area contributed by atoms with Crippen LogP contribution in [0.2, 0.25) is 0 Å². The van der Waals surface area contributed by atoms with Crippen LogP contribution < -0.4 is 0 Å². The number of fused-ring (bicyclic) bond motifs is 3. The lowest BCUT2D eigenvalue weighted by atomic mass is 10.1. The van der Waals surface area contributed by atoms with E-state index in [2.05, 4.69) is 15.2 Å². The number of carboxylic acid groups (broad SMARTS) is 1. The number of aromatic carboxylic acids is 1. The lowest BCUT2D eigenvalue weighted by molar-refractivity contribution is 0.0687. The summed E-state index contributed by atoms with van der Waals surface area (Å²) in [5.41, 5.74) is 6.04. The summed E-state index contributed by atoms with van der Waals surface area (Å²) >= 11 is 0. The van der Waals surface area contributed by atoms with Crippen molar-refractivity contribution in [3.05, 3.63) is 40.5 Å². The third kappa shape index (κ3) is 2.48. The van der Waals surface area contributed by atoms with Gasteiger partial charge in [-0.3, -0.25) is 4.68 Å². The molecule has 4 heterocycles. The van der Waals surface area contributed by atoms with Crippen LogP contribution in [0.5, 0.6) is 0 Å². The van der Waals surface area contributed by atoms with Crippen LogP contribution in [0.1, 0.15) is 40.1 Å². The Morgan fingerprint density at radius 3 is 2.48 bits per heavy atom. The van der Waals surface area contributed by atoms with E-state index in [1.54, 1.807) is 6.07 Å². The van der Waals surface area contributed by atoms with Crippen molar-refractivity contribution in [3.63, 3.8) is 0 Å². The molecular weight excluding hydrogens is 344 g/mol. The maximum absolute atomic E-state index is 11.9. The molecule has 0 spiro atoms. The standard InChI is InChI=1S/C19H20N6O2/c1-6-24-12(5)16(11(4)22-24)13-8-14(19(26)27)25-18(21-13)15-9(2)7-10(3)20-17(15)23-25/h7-8H,6H2,1-5H3,(H,26,27). The monoisotopic (exact) mass is 364 g/mol. The molecule has 8 nitrogen and oxygen atoms in total. The molecule has 0 saturated heterocycles. The molecule has 138 valence electrons. The summed E-state index contributed by atoms with van der Waals surface area (Å²) < 4.78 is 3.26. The Kier molecular flexibility index (Phi) is 3.73. The Morgan fingerprint density at radius 2 is 1.85 bits per heavy atom. The fourth-order valence-electron chi connectivity index (χ4n) is 3.68. The van der Waals surface area contributed by atoms with Crippen LogP contribution in [0.4, 0.5) is 0 Å². The summed E-state index contributed by atoms with van der Waals surface area (Å²) in [6.07, 6.45) is 0. The van der Waals surface area contributed by atoms with Gasteiger partial charge in [0.05, 0.1) is 16.8 Å². The van der Waals surface area contributed by atoms with Gasteiger partial charge in [-0.1, -0.05) is 0 Å². The van der Waals surface area contributed by atoms with Crippen LogP contribution in [0.25, 0.3) is 27.9 Å². The van der Waals surface area contributed by atoms with Gasteiger partial charge in [0.2, 0.25) is 0 Å². The van der Waals surface area contributed by atoms with Crippen LogP contribution in [-0.4, -0.2) is 40.4 Å². The zero-order valence-corrected chi connectivity index (χ0v) is 15.9. The molecule has 1 N–H and O–H groups in total. The first kappa shape index (κ1) is 17.1. The minimum atomic E-state index is -1.07. The van der Waals surface area contributed by atoms with Crippen molar-refractivity contribution in [2.45, 2.75) is 41.2 Å². The van der Waals surface area contributed by atoms with Gasteiger partial charge in [-0.05, 0) is 52.3 Å². The van der Waals surface area contributed by atoms with E-state index < -0.39 is 5.97 Å². The molecule has 4 aromatic rings. The minimum Gasteiger partial charge on any atom is -0.477 e. The quantitative estimate of drug-likeness (QED) is 0.600. The summed E-state index contributed by atoms with van der Waals surface area (Å²) in [6, 6.07) is 3.50. The number of rotatable bonds is 3. The maximum atomic E-state index is 11.9. The van der Waals surface area contributed by atoms with E-state index in [4.69, 9.17) is 4.98 Å². The average Bonchev–Trinajstić information content (AvgIpc) is 3.10. The van der Waals surface area contributed by atoms with E-state index >= 15 is 0 Å². The molecule has 0 atom stereocenters. The summed E-state index contributed by atoms with van der Waals surface area (Å²) in [7, 11) is 0. The SMILES string of the molecule is CCn1nc(C)c(-c2cc(C(=O)O)n3nc4nc(C)cc(C)c4c3n2)c1C. The van der Waals surface area contributed by atoms with Crippen LogP contribution in [0.15, 0.2) is 12.1 Å². The molecule has 0 unspecified atom stereocenters. The van der Waals surface area contributed by atoms with Gasteiger partial charge in [-0.2, -0.15) is 5.10 Å². The van der Waals surface area contributed by atoms with Crippen molar-refractivity contribution >= 4 is 22.6 Å². The molecule has 27 heavy (non-hydrogen) atoms. The average molecular weight is 364 g/mol. The van der Waals surface area contributed by atoms with Gasteiger partial charge in [0, 0.05) is 23.5 Å². The molecule has 4 rings (SSSR count). The van der Waals surface area contributed by atoms with Crippen molar-refractivity contribution in [1.29, 1.82) is 0 Å². The number of nitrogens with zero attached hydrogens (tertiary/aromatic N) is 6. The first-order valence-electron chi connectivity index (χ1n) is 8.77. The molecule has 0 aliphatic carbocycles. The van der Waals surface area contributed by atoms with E-state index in [-0.39, 0.29) is 5.69 Å². The summed E-state index contributed by atoms with van der Waals surface area (Å²) in [5.74, 6) is -1.07. The van der Waals surface area contributed by atoms with Gasteiger partial charge in [0.15, 0.2) is 17.0 Å². The highest BCUT2D eigenvalue weighted by atomic mass is 16.4. The van der Waals surface area contributed by atoms with Gasteiger partial charge in [-0.25, -0.2) is 19.3 Å². The van der Waals surface area contributed by atoms with Gasteiger partial charge in [0.25, 0.3) is 0 Å². The fourth-order valence-corrected chi connectivity index (χ4v) is 3.68. The van der Waals surface area contributed by atoms with Crippen molar-refractivity contribution in [3.8, 4) is 11.3 Å². The van der Waals surface area contributed by atoms with E-state index in [1.165, 1.54) is 4.52 Å². The molecular formula is C19H20N6O2. The van der Waals surface area contributed by atoms with Crippen LogP contribution in [-0.2, 0) is 6.54 Å².